The number of H-pyrrole nitrogens is 1. The number of nitrogens with zero attached hydrogens (tertiary/aromatic N) is 1. The molecule has 0 radical (unpaired) electrons. The summed E-state index contributed by atoms with van der Waals surface area (Å²) >= 11 is 0. The van der Waals surface area contributed by atoms with Gasteiger partial charge < -0.3 is 15.0 Å². The summed E-state index contributed by atoms with van der Waals surface area (Å²) in [5.41, 5.74) is 3.12. The van der Waals surface area contributed by atoms with Crippen LogP contribution in [0.25, 0.3) is 10.9 Å². The first-order valence-electron chi connectivity index (χ1n) is 7.93. The maximum Gasteiger partial charge on any atom is 0.305 e. The maximum atomic E-state index is 12.6. The lowest BCUT2D eigenvalue weighted by molar-refractivity contribution is -0.138. The Kier molecular flexibility index (Phi) is 5.42. The molecule has 0 fully saturated rings. The van der Waals surface area contributed by atoms with Crippen molar-refractivity contribution in [2.24, 2.45) is 5.92 Å². The molecule has 5 nitrogen and oxygen atoms in total. The summed E-state index contributed by atoms with van der Waals surface area (Å²) in [6.07, 6.45) is 2.14. The molecule has 0 aliphatic carbocycles. The quantitative estimate of drug-likeness (QED) is 0.824. The topological polar surface area (TPSA) is 73.4 Å². The minimum absolute atomic E-state index is 0.0224. The van der Waals surface area contributed by atoms with Crippen LogP contribution in [0.3, 0.4) is 0 Å². The van der Waals surface area contributed by atoms with Crippen LogP contribution < -0.4 is 0 Å². The van der Waals surface area contributed by atoms with Gasteiger partial charge in [0, 0.05) is 30.2 Å². The van der Waals surface area contributed by atoms with Gasteiger partial charge in [0.15, 0.2) is 0 Å². The highest BCUT2D eigenvalue weighted by molar-refractivity contribution is 5.91. The highest BCUT2D eigenvalue weighted by atomic mass is 16.4. The Bertz CT molecular complexity index is 703. The van der Waals surface area contributed by atoms with E-state index in [0.717, 1.165) is 22.0 Å². The van der Waals surface area contributed by atoms with E-state index in [4.69, 9.17) is 5.11 Å². The third-order valence-corrected chi connectivity index (χ3v) is 3.87. The number of aromatic nitrogens is 1. The van der Waals surface area contributed by atoms with E-state index in [0.29, 0.717) is 12.5 Å². The molecule has 1 aromatic heterocycles. The third kappa shape index (κ3) is 4.34. The number of hydrogen-bond donors (Lipinski definition) is 2. The van der Waals surface area contributed by atoms with Crippen LogP contribution in [0.15, 0.2) is 24.4 Å². The minimum Gasteiger partial charge on any atom is -0.481 e. The zero-order chi connectivity index (χ0) is 17.0. The van der Waals surface area contributed by atoms with Gasteiger partial charge >= 0.3 is 5.97 Å². The second kappa shape index (κ2) is 7.31. The van der Waals surface area contributed by atoms with Gasteiger partial charge in [-0.15, -0.1) is 0 Å². The van der Waals surface area contributed by atoms with Gasteiger partial charge in [0.1, 0.15) is 0 Å². The summed E-state index contributed by atoms with van der Waals surface area (Å²) in [4.78, 5) is 28.3. The molecule has 0 saturated carbocycles. The van der Waals surface area contributed by atoms with Crippen molar-refractivity contribution in [1.29, 1.82) is 0 Å². The van der Waals surface area contributed by atoms with Crippen LogP contribution in [0.2, 0.25) is 0 Å². The number of hydrogen-bond acceptors (Lipinski definition) is 2. The first-order valence-corrected chi connectivity index (χ1v) is 7.93. The SMILES string of the molecule is Cc1cccc2[nH]cc(CC(=O)N(CCC(=O)O)CC(C)C)c12. The molecule has 2 rings (SSSR count). The zero-order valence-electron chi connectivity index (χ0n) is 13.9. The highest BCUT2D eigenvalue weighted by Crippen LogP contribution is 2.23. The van der Waals surface area contributed by atoms with Gasteiger partial charge in [-0.05, 0) is 30.0 Å². The smallest absolute Gasteiger partial charge is 0.305 e. The Labute approximate surface area is 136 Å². The maximum absolute atomic E-state index is 12.6. The fourth-order valence-electron chi connectivity index (χ4n) is 2.85. The summed E-state index contributed by atoms with van der Waals surface area (Å²) in [6, 6.07) is 6.00. The fraction of sp³-hybridized carbons (Fsp3) is 0.444. The number of carboxylic acids is 1. The van der Waals surface area contributed by atoms with E-state index in [1.807, 2.05) is 45.2 Å². The first kappa shape index (κ1) is 17.1. The Balaban J connectivity index is 2.17. The average molecular weight is 316 g/mol. The Morgan fingerprint density at radius 1 is 1.30 bits per heavy atom. The number of amides is 1. The van der Waals surface area contributed by atoms with Crippen molar-refractivity contribution in [2.45, 2.75) is 33.6 Å². The van der Waals surface area contributed by atoms with E-state index in [9.17, 15) is 9.59 Å². The number of carboxylic acid groups (broad SMARTS) is 1. The molecule has 0 spiro atoms. The minimum atomic E-state index is -0.880. The molecular formula is C18H24N2O3. The molecule has 5 heteroatoms. The van der Waals surface area contributed by atoms with Crippen LogP contribution in [0.4, 0.5) is 0 Å². The molecule has 0 aliphatic heterocycles. The summed E-state index contributed by atoms with van der Waals surface area (Å²) in [6.45, 7) is 6.91. The second-order valence-electron chi connectivity index (χ2n) is 6.37. The lowest BCUT2D eigenvalue weighted by atomic mass is 10.0. The van der Waals surface area contributed by atoms with Crippen molar-refractivity contribution in [2.75, 3.05) is 13.1 Å². The van der Waals surface area contributed by atoms with Crippen LogP contribution >= 0.6 is 0 Å². The molecular weight excluding hydrogens is 292 g/mol. The predicted molar refractivity (Wildman–Crippen MR) is 90.4 cm³/mol. The number of carbonyl (C=O) groups excluding carboxylic acids is 1. The third-order valence-electron chi connectivity index (χ3n) is 3.87. The summed E-state index contributed by atoms with van der Waals surface area (Å²) in [7, 11) is 0. The second-order valence-corrected chi connectivity index (χ2v) is 6.37. The largest absolute Gasteiger partial charge is 0.481 e. The van der Waals surface area contributed by atoms with Crippen LogP contribution in [0.1, 0.15) is 31.4 Å². The van der Waals surface area contributed by atoms with Crippen LogP contribution in [-0.4, -0.2) is 40.0 Å². The van der Waals surface area contributed by atoms with Gasteiger partial charge in [-0.25, -0.2) is 0 Å². The van der Waals surface area contributed by atoms with Crippen LogP contribution in [0.5, 0.6) is 0 Å². The Hall–Kier alpha value is -2.30. The first-order chi connectivity index (χ1) is 10.9. The normalized spacial score (nSPS) is 11.1. The Morgan fingerprint density at radius 2 is 2.04 bits per heavy atom. The van der Waals surface area contributed by atoms with E-state index in [1.54, 1.807) is 4.90 Å². The van der Waals surface area contributed by atoms with Crippen molar-refractivity contribution in [3.63, 3.8) is 0 Å². The molecule has 23 heavy (non-hydrogen) atoms. The molecule has 2 aromatic rings. The lowest BCUT2D eigenvalue weighted by Crippen LogP contribution is -2.37. The van der Waals surface area contributed by atoms with Gasteiger partial charge in [0.2, 0.25) is 5.91 Å². The van der Waals surface area contributed by atoms with Crippen molar-refractivity contribution < 1.29 is 14.7 Å². The van der Waals surface area contributed by atoms with Crippen molar-refractivity contribution in [3.8, 4) is 0 Å². The molecule has 1 amide bonds. The van der Waals surface area contributed by atoms with Crippen LogP contribution in [-0.2, 0) is 16.0 Å². The van der Waals surface area contributed by atoms with E-state index in [1.165, 1.54) is 0 Å². The van der Waals surface area contributed by atoms with Gasteiger partial charge in [0.25, 0.3) is 0 Å². The fourth-order valence-corrected chi connectivity index (χ4v) is 2.85. The van der Waals surface area contributed by atoms with E-state index in [2.05, 4.69) is 4.98 Å². The molecule has 0 unspecified atom stereocenters. The molecule has 0 atom stereocenters. The lowest BCUT2D eigenvalue weighted by Gasteiger charge is -2.24. The van der Waals surface area contributed by atoms with Gasteiger partial charge in [0.05, 0.1) is 12.8 Å². The molecule has 124 valence electrons. The molecule has 1 heterocycles. The van der Waals surface area contributed by atoms with E-state index < -0.39 is 5.97 Å². The summed E-state index contributed by atoms with van der Waals surface area (Å²) in [5.74, 6) is -0.601. The monoisotopic (exact) mass is 316 g/mol. The summed E-state index contributed by atoms with van der Waals surface area (Å²) in [5, 5.41) is 9.96. The number of aromatic amines is 1. The molecule has 0 bridgehead atoms. The predicted octanol–water partition coefficient (Wildman–Crippen LogP) is 2.98. The molecule has 0 saturated heterocycles. The zero-order valence-corrected chi connectivity index (χ0v) is 13.9. The average Bonchev–Trinajstić information content (AvgIpc) is 2.87. The van der Waals surface area contributed by atoms with Crippen LogP contribution in [0, 0.1) is 12.8 Å². The number of aryl methyl sites for hydroxylation is 1. The number of benzene rings is 1. The number of fused-ring (bicyclic) bond motifs is 1. The standard InChI is InChI=1S/C18H24N2O3/c1-12(2)11-20(8-7-17(22)23)16(21)9-14-10-19-15-6-4-5-13(3)18(14)15/h4-6,10,12,19H,7-9,11H2,1-3H3,(H,22,23). The van der Waals surface area contributed by atoms with E-state index in [-0.39, 0.29) is 25.3 Å². The van der Waals surface area contributed by atoms with Crippen molar-refractivity contribution in [3.05, 3.63) is 35.5 Å². The van der Waals surface area contributed by atoms with Crippen molar-refractivity contribution in [1.82, 2.24) is 9.88 Å². The van der Waals surface area contributed by atoms with Gasteiger partial charge in [-0.3, -0.25) is 9.59 Å². The van der Waals surface area contributed by atoms with E-state index >= 15 is 0 Å². The number of carbonyl (C=O) groups is 2. The van der Waals surface area contributed by atoms with Gasteiger partial charge in [-0.1, -0.05) is 26.0 Å². The van der Waals surface area contributed by atoms with Crippen molar-refractivity contribution >= 4 is 22.8 Å². The van der Waals surface area contributed by atoms with Gasteiger partial charge in [-0.2, -0.15) is 0 Å². The highest BCUT2D eigenvalue weighted by Gasteiger charge is 2.18. The Morgan fingerprint density at radius 3 is 2.70 bits per heavy atom. The molecule has 2 N–H and O–H groups in total. The number of rotatable bonds is 7. The summed E-state index contributed by atoms with van der Waals surface area (Å²) < 4.78 is 0. The number of nitrogens with one attached hydrogen (secondary N) is 1. The number of aliphatic carboxylic acids is 1. The molecule has 0 aliphatic rings. The molecule has 1 aromatic carbocycles.